The van der Waals surface area contributed by atoms with Crippen molar-refractivity contribution in [3.05, 3.63) is 29.8 Å². The molecule has 2 nitrogen and oxygen atoms in total. The molecule has 1 aromatic carbocycles. The van der Waals surface area contributed by atoms with Gasteiger partial charge >= 0.3 is 0 Å². The van der Waals surface area contributed by atoms with Crippen molar-refractivity contribution < 1.29 is 4.74 Å². The molecule has 1 aliphatic rings. The van der Waals surface area contributed by atoms with Gasteiger partial charge in [-0.25, -0.2) is 0 Å². The summed E-state index contributed by atoms with van der Waals surface area (Å²) in [6, 6.07) is 9.36. The van der Waals surface area contributed by atoms with Crippen LogP contribution in [0.25, 0.3) is 0 Å². The molecule has 18 heavy (non-hydrogen) atoms. The van der Waals surface area contributed by atoms with E-state index in [0.29, 0.717) is 12.1 Å². The van der Waals surface area contributed by atoms with Gasteiger partial charge in [-0.15, -0.1) is 0 Å². The minimum absolute atomic E-state index is 0.365. The zero-order chi connectivity index (χ0) is 12.8. The molecular weight excluding hydrogens is 222 g/mol. The Kier molecular flexibility index (Phi) is 5.06. The monoisotopic (exact) mass is 247 g/mol. The second-order valence-electron chi connectivity index (χ2n) is 5.32. The summed E-state index contributed by atoms with van der Waals surface area (Å²) in [5.74, 6) is 0.992. The van der Waals surface area contributed by atoms with E-state index in [0.717, 1.165) is 5.75 Å². The van der Waals surface area contributed by atoms with Crippen molar-refractivity contribution in [1.82, 2.24) is 5.32 Å². The van der Waals surface area contributed by atoms with Gasteiger partial charge in [-0.2, -0.15) is 0 Å². The highest BCUT2D eigenvalue weighted by atomic mass is 16.5. The van der Waals surface area contributed by atoms with Crippen LogP contribution in [0.5, 0.6) is 5.75 Å². The molecule has 0 amide bonds. The van der Waals surface area contributed by atoms with Crippen molar-refractivity contribution in [3.8, 4) is 5.75 Å². The van der Waals surface area contributed by atoms with Crippen LogP contribution >= 0.6 is 0 Å². The van der Waals surface area contributed by atoms with Crippen molar-refractivity contribution in [3.63, 3.8) is 0 Å². The first-order valence-electron chi connectivity index (χ1n) is 7.20. The summed E-state index contributed by atoms with van der Waals surface area (Å²) in [6.45, 7) is 2.24. The van der Waals surface area contributed by atoms with E-state index in [1.807, 2.05) is 12.1 Å². The zero-order valence-corrected chi connectivity index (χ0v) is 11.6. The molecule has 0 heterocycles. The van der Waals surface area contributed by atoms with E-state index in [4.69, 9.17) is 4.74 Å². The summed E-state index contributed by atoms with van der Waals surface area (Å²) in [5.41, 5.74) is 1.27. The Morgan fingerprint density at radius 3 is 2.44 bits per heavy atom. The summed E-state index contributed by atoms with van der Waals surface area (Å²) in [6.07, 6.45) is 8.19. The van der Waals surface area contributed by atoms with Crippen LogP contribution < -0.4 is 10.1 Å². The molecule has 1 atom stereocenters. The van der Waals surface area contributed by atoms with Crippen LogP contribution in [0, 0.1) is 0 Å². The predicted molar refractivity (Wildman–Crippen MR) is 76.0 cm³/mol. The number of para-hydroxylation sites is 1. The number of nitrogens with one attached hydrogen (secondary N) is 1. The molecular formula is C16H25NO. The Morgan fingerprint density at radius 2 is 1.78 bits per heavy atom. The first kappa shape index (κ1) is 13.4. The van der Waals surface area contributed by atoms with Crippen LogP contribution in [0.1, 0.15) is 57.1 Å². The largest absolute Gasteiger partial charge is 0.496 e. The summed E-state index contributed by atoms with van der Waals surface area (Å²) in [7, 11) is 1.75. The Bertz CT molecular complexity index is 356. The second kappa shape index (κ2) is 6.79. The maximum Gasteiger partial charge on any atom is 0.123 e. The number of hydrogen-bond donors (Lipinski definition) is 1. The second-order valence-corrected chi connectivity index (χ2v) is 5.32. The van der Waals surface area contributed by atoms with E-state index < -0.39 is 0 Å². The van der Waals surface area contributed by atoms with Crippen LogP contribution in [0.3, 0.4) is 0 Å². The van der Waals surface area contributed by atoms with Crippen molar-refractivity contribution in [2.75, 3.05) is 7.11 Å². The lowest BCUT2D eigenvalue weighted by Gasteiger charge is -2.23. The average Bonchev–Trinajstić information content (AvgIpc) is 2.67. The molecule has 0 aromatic heterocycles. The molecule has 0 aliphatic heterocycles. The van der Waals surface area contributed by atoms with Crippen LogP contribution in [-0.2, 0) is 0 Å². The van der Waals surface area contributed by atoms with Gasteiger partial charge in [0.25, 0.3) is 0 Å². The van der Waals surface area contributed by atoms with Crippen LogP contribution in [0.4, 0.5) is 0 Å². The van der Waals surface area contributed by atoms with E-state index >= 15 is 0 Å². The van der Waals surface area contributed by atoms with Gasteiger partial charge in [0.15, 0.2) is 0 Å². The van der Waals surface area contributed by atoms with Crippen LogP contribution in [0.2, 0.25) is 0 Å². The van der Waals surface area contributed by atoms with Gasteiger partial charge in [0.05, 0.1) is 7.11 Å². The van der Waals surface area contributed by atoms with E-state index in [9.17, 15) is 0 Å². The van der Waals surface area contributed by atoms with Gasteiger partial charge in [-0.05, 0) is 25.8 Å². The molecule has 1 aromatic rings. The van der Waals surface area contributed by atoms with E-state index in [1.54, 1.807) is 7.11 Å². The highest BCUT2D eigenvalue weighted by Crippen LogP contribution is 2.26. The van der Waals surface area contributed by atoms with Gasteiger partial charge in [-0.1, -0.05) is 43.9 Å². The summed E-state index contributed by atoms with van der Waals surface area (Å²) >= 11 is 0. The minimum Gasteiger partial charge on any atom is -0.496 e. The quantitative estimate of drug-likeness (QED) is 0.810. The Morgan fingerprint density at radius 1 is 1.11 bits per heavy atom. The summed E-state index contributed by atoms with van der Waals surface area (Å²) in [5, 5.41) is 3.77. The maximum absolute atomic E-state index is 5.44. The predicted octanol–water partition coefficient (Wildman–Crippen LogP) is 4.07. The number of ether oxygens (including phenoxy) is 1. The summed E-state index contributed by atoms with van der Waals surface area (Å²) in [4.78, 5) is 0. The van der Waals surface area contributed by atoms with Crippen molar-refractivity contribution in [2.24, 2.45) is 0 Å². The normalized spacial score (nSPS) is 19.2. The average molecular weight is 247 g/mol. The zero-order valence-electron chi connectivity index (χ0n) is 11.6. The number of benzene rings is 1. The minimum atomic E-state index is 0.365. The molecule has 100 valence electrons. The number of hydrogen-bond acceptors (Lipinski definition) is 2. The molecule has 0 bridgehead atoms. The third-order valence-electron chi connectivity index (χ3n) is 3.95. The number of methoxy groups -OCH3 is 1. The molecule has 1 saturated carbocycles. The Balaban J connectivity index is 1.99. The van der Waals surface area contributed by atoms with Crippen molar-refractivity contribution in [1.29, 1.82) is 0 Å². The first-order chi connectivity index (χ1) is 8.81. The van der Waals surface area contributed by atoms with Gasteiger partial charge in [0.2, 0.25) is 0 Å². The van der Waals surface area contributed by atoms with E-state index in [-0.39, 0.29) is 0 Å². The molecule has 0 saturated heterocycles. The fraction of sp³-hybridized carbons (Fsp3) is 0.625. The molecule has 0 radical (unpaired) electrons. The van der Waals surface area contributed by atoms with Crippen molar-refractivity contribution in [2.45, 2.75) is 57.5 Å². The fourth-order valence-electron chi connectivity index (χ4n) is 2.91. The van der Waals surface area contributed by atoms with E-state index in [2.05, 4.69) is 24.4 Å². The molecule has 2 rings (SSSR count). The third-order valence-corrected chi connectivity index (χ3v) is 3.95. The lowest BCUT2D eigenvalue weighted by Crippen LogP contribution is -2.31. The SMILES string of the molecule is COc1ccccc1[C@H](C)NC1CCCCCC1. The first-order valence-corrected chi connectivity index (χ1v) is 7.20. The molecule has 0 spiro atoms. The molecule has 2 heteroatoms. The Labute approximate surface area is 111 Å². The highest BCUT2D eigenvalue weighted by Gasteiger charge is 2.17. The van der Waals surface area contributed by atoms with E-state index in [1.165, 1.54) is 44.1 Å². The lowest BCUT2D eigenvalue weighted by atomic mass is 10.0. The van der Waals surface area contributed by atoms with Crippen molar-refractivity contribution >= 4 is 0 Å². The fourth-order valence-corrected chi connectivity index (χ4v) is 2.91. The lowest BCUT2D eigenvalue weighted by molar-refractivity contribution is 0.381. The molecule has 1 aliphatic carbocycles. The molecule has 1 fully saturated rings. The Hall–Kier alpha value is -1.02. The van der Waals surface area contributed by atoms with Crippen LogP contribution in [-0.4, -0.2) is 13.2 Å². The van der Waals surface area contributed by atoms with Gasteiger partial charge in [0, 0.05) is 17.6 Å². The topological polar surface area (TPSA) is 21.3 Å². The molecule has 1 N–H and O–H groups in total. The van der Waals surface area contributed by atoms with Gasteiger partial charge in [0.1, 0.15) is 5.75 Å². The number of rotatable bonds is 4. The van der Waals surface area contributed by atoms with Gasteiger partial charge < -0.3 is 10.1 Å². The standard InChI is InChI=1S/C16H25NO/c1-13(15-11-7-8-12-16(15)18-2)17-14-9-5-3-4-6-10-14/h7-8,11-14,17H,3-6,9-10H2,1-2H3/t13-/m0/s1. The summed E-state index contributed by atoms with van der Waals surface area (Å²) < 4.78 is 5.44. The maximum atomic E-state index is 5.44. The highest BCUT2D eigenvalue weighted by molar-refractivity contribution is 5.35. The molecule has 0 unspecified atom stereocenters. The smallest absolute Gasteiger partial charge is 0.123 e. The van der Waals surface area contributed by atoms with Crippen LogP contribution in [0.15, 0.2) is 24.3 Å². The van der Waals surface area contributed by atoms with Gasteiger partial charge in [-0.3, -0.25) is 0 Å². The third kappa shape index (κ3) is 3.49.